The molecule has 3 atom stereocenters. The molecular weight excluding hydrogens is 264 g/mol. The van der Waals surface area contributed by atoms with E-state index in [1.165, 1.54) is 31.9 Å². The number of aromatic nitrogens is 2. The van der Waals surface area contributed by atoms with Crippen molar-refractivity contribution in [3.05, 3.63) is 17.5 Å². The van der Waals surface area contributed by atoms with E-state index < -0.39 is 0 Å². The Labute approximate surface area is 117 Å². The number of rotatable bonds is 2. The lowest BCUT2D eigenvalue weighted by Gasteiger charge is -2.24. The van der Waals surface area contributed by atoms with Crippen molar-refractivity contribution in [2.75, 3.05) is 5.32 Å². The number of carbonyl (C=O) groups excluding carboxylic acids is 1. The first-order chi connectivity index (χ1) is 9.22. The molecule has 2 N–H and O–H groups in total. The largest absolute Gasteiger partial charge is 0.309 e. The second kappa shape index (κ2) is 5.43. The summed E-state index contributed by atoms with van der Waals surface area (Å²) in [5.41, 5.74) is 0. The topological polar surface area (TPSA) is 66.9 Å². The Morgan fingerprint density at radius 1 is 1.42 bits per heavy atom. The van der Waals surface area contributed by atoms with Crippen LogP contribution in [0.4, 0.5) is 5.82 Å². The number of carbonyl (C=O) groups is 1. The molecule has 1 amide bonds. The van der Waals surface area contributed by atoms with Gasteiger partial charge in [0.1, 0.15) is 5.82 Å². The molecule has 1 aromatic rings. The molecule has 19 heavy (non-hydrogen) atoms. The van der Waals surface area contributed by atoms with Crippen molar-refractivity contribution in [3.8, 4) is 0 Å². The van der Waals surface area contributed by atoms with Crippen molar-refractivity contribution in [2.24, 2.45) is 5.92 Å². The van der Waals surface area contributed by atoms with Crippen molar-refractivity contribution in [3.63, 3.8) is 0 Å². The summed E-state index contributed by atoms with van der Waals surface area (Å²) >= 11 is 5.70. The molecule has 3 rings (SSSR count). The molecule has 0 spiro atoms. The first-order valence-corrected chi connectivity index (χ1v) is 7.15. The minimum absolute atomic E-state index is 0.0239. The van der Waals surface area contributed by atoms with Crippen LogP contribution in [-0.2, 0) is 4.79 Å². The summed E-state index contributed by atoms with van der Waals surface area (Å²) in [5.74, 6) is 1.09. The third-order valence-electron chi connectivity index (χ3n) is 4.06. The quantitative estimate of drug-likeness (QED) is 0.813. The van der Waals surface area contributed by atoms with Gasteiger partial charge < -0.3 is 10.6 Å². The van der Waals surface area contributed by atoms with Crippen molar-refractivity contribution < 1.29 is 4.79 Å². The molecule has 0 bridgehead atoms. The van der Waals surface area contributed by atoms with E-state index in [2.05, 4.69) is 20.6 Å². The Kier molecular flexibility index (Phi) is 3.66. The van der Waals surface area contributed by atoms with Crippen molar-refractivity contribution in [1.82, 2.24) is 15.3 Å². The van der Waals surface area contributed by atoms with Crippen molar-refractivity contribution >= 4 is 23.3 Å². The standard InChI is InChI=1S/C13H17ClN4O/c14-13-15-6-5-11(18-13)17-12(19)10-7-8-3-1-2-4-9(8)16-10/h5-6,8-10,16H,1-4,7H2,(H,15,17,18,19). The second-order valence-electron chi connectivity index (χ2n) is 5.31. The summed E-state index contributed by atoms with van der Waals surface area (Å²) in [6, 6.07) is 2.05. The summed E-state index contributed by atoms with van der Waals surface area (Å²) < 4.78 is 0. The number of hydrogen-bond acceptors (Lipinski definition) is 4. The highest BCUT2D eigenvalue weighted by atomic mass is 35.5. The second-order valence-corrected chi connectivity index (χ2v) is 5.64. The smallest absolute Gasteiger partial charge is 0.242 e. The van der Waals surface area contributed by atoms with Gasteiger partial charge in [-0.25, -0.2) is 9.97 Å². The fraction of sp³-hybridized carbons (Fsp3) is 0.615. The molecular formula is C13H17ClN4O. The Balaban J connectivity index is 1.62. The SMILES string of the molecule is O=C(Nc1ccnc(Cl)n1)C1CC2CCCCC2N1. The van der Waals surface area contributed by atoms with Gasteiger partial charge in [0.15, 0.2) is 0 Å². The lowest BCUT2D eigenvalue weighted by Crippen LogP contribution is -2.40. The number of halogens is 1. The lowest BCUT2D eigenvalue weighted by molar-refractivity contribution is -0.117. The van der Waals surface area contributed by atoms with Crippen LogP contribution in [0.25, 0.3) is 0 Å². The third-order valence-corrected chi connectivity index (χ3v) is 4.24. The fourth-order valence-corrected chi connectivity index (χ4v) is 3.29. The molecule has 1 aliphatic carbocycles. The van der Waals surface area contributed by atoms with Crippen LogP contribution >= 0.6 is 11.6 Å². The van der Waals surface area contributed by atoms with Gasteiger partial charge in [-0.05, 0) is 42.8 Å². The molecule has 102 valence electrons. The molecule has 2 heterocycles. The summed E-state index contributed by atoms with van der Waals surface area (Å²) in [6.07, 6.45) is 7.44. The number of fused-ring (bicyclic) bond motifs is 1. The van der Waals surface area contributed by atoms with Gasteiger partial charge in [0, 0.05) is 12.2 Å². The molecule has 6 heteroatoms. The zero-order chi connectivity index (χ0) is 13.2. The third kappa shape index (κ3) is 2.87. The summed E-state index contributed by atoms with van der Waals surface area (Å²) in [6.45, 7) is 0. The highest BCUT2D eigenvalue weighted by molar-refractivity contribution is 6.28. The van der Waals surface area contributed by atoms with Gasteiger partial charge in [-0.15, -0.1) is 0 Å². The normalized spacial score (nSPS) is 29.8. The van der Waals surface area contributed by atoms with Crippen LogP contribution in [0, 0.1) is 5.92 Å². The van der Waals surface area contributed by atoms with Crippen LogP contribution in [0.1, 0.15) is 32.1 Å². The Morgan fingerprint density at radius 2 is 2.26 bits per heavy atom. The highest BCUT2D eigenvalue weighted by Crippen LogP contribution is 2.33. The summed E-state index contributed by atoms with van der Waals surface area (Å²) in [4.78, 5) is 20.0. The zero-order valence-corrected chi connectivity index (χ0v) is 11.4. The van der Waals surface area contributed by atoms with Crippen LogP contribution in [0.2, 0.25) is 5.28 Å². The number of nitrogens with zero attached hydrogens (tertiary/aromatic N) is 2. The van der Waals surface area contributed by atoms with Crippen molar-refractivity contribution in [1.29, 1.82) is 0 Å². The maximum atomic E-state index is 12.2. The Hall–Kier alpha value is -1.20. The predicted octanol–water partition coefficient (Wildman–Crippen LogP) is 1.99. The maximum absolute atomic E-state index is 12.2. The van der Waals surface area contributed by atoms with Crippen molar-refractivity contribution in [2.45, 2.75) is 44.2 Å². The van der Waals surface area contributed by atoms with E-state index in [4.69, 9.17) is 11.6 Å². The molecule has 1 saturated heterocycles. The monoisotopic (exact) mass is 280 g/mol. The average Bonchev–Trinajstić information content (AvgIpc) is 2.82. The van der Waals surface area contributed by atoms with Gasteiger partial charge in [0.25, 0.3) is 0 Å². The highest BCUT2D eigenvalue weighted by Gasteiger charge is 2.38. The van der Waals surface area contributed by atoms with Crippen LogP contribution in [0.5, 0.6) is 0 Å². The summed E-state index contributed by atoms with van der Waals surface area (Å²) in [5, 5.41) is 6.38. The van der Waals surface area contributed by atoms with E-state index in [0.717, 1.165) is 6.42 Å². The van der Waals surface area contributed by atoms with E-state index in [1.54, 1.807) is 6.07 Å². The molecule has 0 aromatic carbocycles. The Morgan fingerprint density at radius 3 is 3.05 bits per heavy atom. The average molecular weight is 281 g/mol. The van der Waals surface area contributed by atoms with Crippen LogP contribution in [0.15, 0.2) is 12.3 Å². The molecule has 5 nitrogen and oxygen atoms in total. The minimum Gasteiger partial charge on any atom is -0.309 e. The molecule has 1 aliphatic heterocycles. The molecule has 1 saturated carbocycles. The number of nitrogens with one attached hydrogen (secondary N) is 2. The number of amides is 1. The van der Waals surface area contributed by atoms with Crippen LogP contribution in [0.3, 0.4) is 0 Å². The van der Waals surface area contributed by atoms with Crippen LogP contribution in [-0.4, -0.2) is 28.0 Å². The summed E-state index contributed by atoms with van der Waals surface area (Å²) in [7, 11) is 0. The van der Waals surface area contributed by atoms with Gasteiger partial charge >= 0.3 is 0 Å². The minimum atomic E-state index is -0.109. The molecule has 3 unspecified atom stereocenters. The van der Waals surface area contributed by atoms with E-state index >= 15 is 0 Å². The number of anilines is 1. The fourth-order valence-electron chi connectivity index (χ4n) is 3.14. The van der Waals surface area contributed by atoms with Gasteiger partial charge in [0.2, 0.25) is 11.2 Å². The van der Waals surface area contributed by atoms with E-state index in [9.17, 15) is 4.79 Å². The zero-order valence-electron chi connectivity index (χ0n) is 10.6. The van der Waals surface area contributed by atoms with E-state index in [1.807, 2.05) is 0 Å². The van der Waals surface area contributed by atoms with Crippen LogP contribution < -0.4 is 10.6 Å². The molecule has 1 aromatic heterocycles. The Bertz CT molecular complexity index is 467. The maximum Gasteiger partial charge on any atom is 0.242 e. The molecule has 0 radical (unpaired) electrons. The molecule has 2 fully saturated rings. The van der Waals surface area contributed by atoms with E-state index in [-0.39, 0.29) is 17.2 Å². The van der Waals surface area contributed by atoms with E-state index in [0.29, 0.717) is 17.8 Å². The number of hydrogen-bond donors (Lipinski definition) is 2. The predicted molar refractivity (Wildman–Crippen MR) is 73.0 cm³/mol. The molecule has 2 aliphatic rings. The van der Waals surface area contributed by atoms with Gasteiger partial charge in [-0.3, -0.25) is 4.79 Å². The first kappa shape index (κ1) is 12.8. The van der Waals surface area contributed by atoms with Gasteiger partial charge in [0.05, 0.1) is 6.04 Å². The van der Waals surface area contributed by atoms with Gasteiger partial charge in [-0.1, -0.05) is 12.8 Å². The lowest BCUT2D eigenvalue weighted by atomic mass is 9.85. The first-order valence-electron chi connectivity index (χ1n) is 6.78. The van der Waals surface area contributed by atoms with Gasteiger partial charge in [-0.2, -0.15) is 0 Å².